The Hall–Kier alpha value is -1.79. The van der Waals surface area contributed by atoms with Crippen molar-refractivity contribution in [3.63, 3.8) is 0 Å². The monoisotopic (exact) mass is 310 g/mol. The number of hydrogen-bond donors (Lipinski definition) is 0. The Kier molecular flexibility index (Phi) is 3.75. The minimum Gasteiger partial charge on any atom is -0.459 e. The van der Waals surface area contributed by atoms with Gasteiger partial charge in [-0.2, -0.15) is 0 Å². The quantitative estimate of drug-likeness (QED) is 0.668. The summed E-state index contributed by atoms with van der Waals surface area (Å²) in [6.45, 7) is 0. The predicted octanol–water partition coefficient (Wildman–Crippen LogP) is 4.41. The molecule has 0 unspecified atom stereocenters. The molecule has 3 aromatic rings. The molecule has 0 N–H and O–H groups in total. The highest BCUT2D eigenvalue weighted by Gasteiger charge is 2.12. The van der Waals surface area contributed by atoms with E-state index < -0.39 is 0 Å². The van der Waals surface area contributed by atoms with Gasteiger partial charge in [0.25, 0.3) is 11.1 Å². The van der Waals surface area contributed by atoms with Gasteiger partial charge in [-0.3, -0.25) is 0 Å². The Labute approximate surface area is 122 Å². The van der Waals surface area contributed by atoms with E-state index in [2.05, 4.69) is 10.2 Å². The molecule has 0 aliphatic rings. The van der Waals surface area contributed by atoms with Gasteiger partial charge in [-0.1, -0.05) is 29.4 Å². The maximum absolute atomic E-state index is 13.6. The number of benzene rings is 1. The molecule has 2 heterocycles. The molecule has 0 saturated heterocycles. The molecule has 0 radical (unpaired) electrons. The second-order valence-corrected chi connectivity index (χ2v) is 5.24. The van der Waals surface area contributed by atoms with Crippen LogP contribution in [0.25, 0.3) is 11.7 Å². The molecule has 0 aliphatic carbocycles. The van der Waals surface area contributed by atoms with E-state index in [0.717, 1.165) is 0 Å². The molecule has 0 bridgehead atoms. The number of halogens is 2. The van der Waals surface area contributed by atoms with Crippen molar-refractivity contribution in [3.8, 4) is 11.7 Å². The zero-order valence-electron chi connectivity index (χ0n) is 10.0. The number of thioether (sulfide) groups is 1. The van der Waals surface area contributed by atoms with Gasteiger partial charge in [0.1, 0.15) is 5.82 Å². The molecule has 0 fully saturated rings. The summed E-state index contributed by atoms with van der Waals surface area (Å²) in [6.07, 6.45) is 1.52. The molecule has 0 spiro atoms. The van der Waals surface area contributed by atoms with Crippen molar-refractivity contribution in [1.82, 2.24) is 10.2 Å². The number of furan rings is 1. The summed E-state index contributed by atoms with van der Waals surface area (Å²) in [5, 5.41) is 8.46. The standard InChI is InChI=1S/C13H8ClFN2O2S/c14-9-4-3-8(10(15)6-9)7-20-13-17-16-12(19-13)11-2-1-5-18-11/h1-6H,7H2. The second-order valence-electron chi connectivity index (χ2n) is 3.87. The van der Waals surface area contributed by atoms with Gasteiger partial charge in [0.2, 0.25) is 0 Å². The van der Waals surface area contributed by atoms with E-state index in [1.54, 1.807) is 24.3 Å². The second kappa shape index (κ2) is 5.68. The Morgan fingerprint density at radius 1 is 1.25 bits per heavy atom. The average Bonchev–Trinajstić information content (AvgIpc) is 3.08. The molecule has 2 aromatic heterocycles. The fourth-order valence-electron chi connectivity index (χ4n) is 1.55. The maximum Gasteiger partial charge on any atom is 0.284 e. The summed E-state index contributed by atoms with van der Waals surface area (Å²) in [4.78, 5) is 0. The number of rotatable bonds is 4. The lowest BCUT2D eigenvalue weighted by atomic mass is 10.2. The van der Waals surface area contributed by atoms with Crippen LogP contribution in [0.5, 0.6) is 0 Å². The third-order valence-corrected chi connectivity index (χ3v) is 3.61. The van der Waals surface area contributed by atoms with Crippen LogP contribution in [0.3, 0.4) is 0 Å². The van der Waals surface area contributed by atoms with E-state index >= 15 is 0 Å². The molecule has 1 aromatic carbocycles. The van der Waals surface area contributed by atoms with Gasteiger partial charge < -0.3 is 8.83 Å². The highest BCUT2D eigenvalue weighted by molar-refractivity contribution is 7.98. The largest absolute Gasteiger partial charge is 0.459 e. The van der Waals surface area contributed by atoms with Gasteiger partial charge in [0, 0.05) is 10.8 Å². The highest BCUT2D eigenvalue weighted by atomic mass is 35.5. The van der Waals surface area contributed by atoms with Crippen LogP contribution < -0.4 is 0 Å². The van der Waals surface area contributed by atoms with E-state index in [0.29, 0.717) is 33.2 Å². The Bertz CT molecular complexity index is 715. The Morgan fingerprint density at radius 2 is 2.15 bits per heavy atom. The zero-order valence-corrected chi connectivity index (χ0v) is 11.6. The normalized spacial score (nSPS) is 10.9. The van der Waals surface area contributed by atoms with Crippen molar-refractivity contribution in [3.05, 3.63) is 53.0 Å². The van der Waals surface area contributed by atoms with E-state index in [4.69, 9.17) is 20.4 Å². The molecule has 0 atom stereocenters. The van der Waals surface area contributed by atoms with E-state index in [1.165, 1.54) is 24.1 Å². The van der Waals surface area contributed by atoms with Crippen LogP contribution in [-0.4, -0.2) is 10.2 Å². The summed E-state index contributed by atoms with van der Waals surface area (Å²) >= 11 is 6.94. The fraction of sp³-hybridized carbons (Fsp3) is 0.0769. The van der Waals surface area contributed by atoms with Crippen LogP contribution in [0.2, 0.25) is 5.02 Å². The smallest absolute Gasteiger partial charge is 0.284 e. The predicted molar refractivity (Wildman–Crippen MR) is 73.0 cm³/mol. The molecule has 20 heavy (non-hydrogen) atoms. The first kappa shape index (κ1) is 13.2. The van der Waals surface area contributed by atoms with Crippen LogP contribution in [0.4, 0.5) is 4.39 Å². The number of nitrogens with zero attached hydrogens (tertiary/aromatic N) is 2. The van der Waals surface area contributed by atoms with Crippen molar-refractivity contribution >= 4 is 23.4 Å². The van der Waals surface area contributed by atoms with E-state index in [1.807, 2.05) is 0 Å². The summed E-state index contributed by atoms with van der Waals surface area (Å²) in [5.74, 6) is 0.829. The molecule has 102 valence electrons. The van der Waals surface area contributed by atoms with Crippen molar-refractivity contribution in [2.45, 2.75) is 11.0 Å². The average molecular weight is 311 g/mol. The Morgan fingerprint density at radius 3 is 2.90 bits per heavy atom. The maximum atomic E-state index is 13.6. The number of aromatic nitrogens is 2. The van der Waals surface area contributed by atoms with Crippen molar-refractivity contribution in [2.75, 3.05) is 0 Å². The van der Waals surface area contributed by atoms with Crippen LogP contribution in [0.15, 0.2) is 50.7 Å². The summed E-state index contributed by atoms with van der Waals surface area (Å²) in [6, 6.07) is 8.01. The first-order valence-corrected chi connectivity index (χ1v) is 7.03. The van der Waals surface area contributed by atoms with Gasteiger partial charge in [-0.05, 0) is 29.8 Å². The SMILES string of the molecule is Fc1cc(Cl)ccc1CSc1nnc(-c2ccco2)o1. The minimum absolute atomic E-state index is 0.300. The van der Waals surface area contributed by atoms with Gasteiger partial charge in [-0.25, -0.2) is 4.39 Å². The molecule has 0 aliphatic heterocycles. The van der Waals surface area contributed by atoms with Gasteiger partial charge in [0.15, 0.2) is 5.76 Å². The van der Waals surface area contributed by atoms with Crippen LogP contribution in [0.1, 0.15) is 5.56 Å². The van der Waals surface area contributed by atoms with Crippen molar-refractivity contribution in [1.29, 1.82) is 0 Å². The van der Waals surface area contributed by atoms with E-state index in [-0.39, 0.29) is 5.82 Å². The number of hydrogen-bond acceptors (Lipinski definition) is 5. The van der Waals surface area contributed by atoms with Gasteiger partial charge in [0.05, 0.1) is 6.26 Å². The first-order valence-electron chi connectivity index (χ1n) is 5.66. The Balaban J connectivity index is 1.70. The first-order chi connectivity index (χ1) is 9.72. The molecule has 4 nitrogen and oxygen atoms in total. The topological polar surface area (TPSA) is 52.1 Å². The third-order valence-electron chi connectivity index (χ3n) is 2.50. The molecule has 0 amide bonds. The lowest BCUT2D eigenvalue weighted by molar-refractivity contribution is 0.447. The zero-order chi connectivity index (χ0) is 13.9. The molecular weight excluding hydrogens is 303 g/mol. The van der Waals surface area contributed by atoms with Crippen molar-refractivity contribution in [2.24, 2.45) is 0 Å². The van der Waals surface area contributed by atoms with Crippen LogP contribution in [-0.2, 0) is 5.75 Å². The highest BCUT2D eigenvalue weighted by Crippen LogP contribution is 2.27. The van der Waals surface area contributed by atoms with Crippen molar-refractivity contribution < 1.29 is 13.2 Å². The minimum atomic E-state index is -0.351. The lowest BCUT2D eigenvalue weighted by Gasteiger charge is -2.00. The van der Waals surface area contributed by atoms with Gasteiger partial charge >= 0.3 is 0 Å². The molecule has 7 heteroatoms. The summed E-state index contributed by atoms with van der Waals surface area (Å²) in [7, 11) is 0. The summed E-state index contributed by atoms with van der Waals surface area (Å²) in [5.41, 5.74) is 0.525. The van der Waals surface area contributed by atoms with Crippen LogP contribution in [0, 0.1) is 5.82 Å². The third kappa shape index (κ3) is 2.86. The molecular formula is C13H8ClFN2O2S. The van der Waals surface area contributed by atoms with Gasteiger partial charge in [-0.15, -0.1) is 10.2 Å². The lowest BCUT2D eigenvalue weighted by Crippen LogP contribution is -1.87. The van der Waals surface area contributed by atoms with E-state index in [9.17, 15) is 4.39 Å². The van der Waals surface area contributed by atoms with Crippen LogP contribution >= 0.6 is 23.4 Å². The molecule has 3 rings (SSSR count). The molecule has 0 saturated carbocycles. The summed E-state index contributed by atoms with van der Waals surface area (Å²) < 4.78 is 24.2. The fourth-order valence-corrected chi connectivity index (χ4v) is 2.45.